The molecule has 250 valence electrons. The average Bonchev–Trinajstić information content (AvgIpc) is 2.95. The Bertz CT molecular complexity index is 945. The van der Waals surface area contributed by atoms with Crippen LogP contribution in [0.3, 0.4) is 0 Å². The number of hydrogen-bond acceptors (Lipinski definition) is 10. The van der Waals surface area contributed by atoms with Crippen LogP contribution < -0.4 is 10.6 Å². The number of carbonyl (C=O) groups is 6. The maximum absolute atomic E-state index is 12.5. The van der Waals surface area contributed by atoms with Gasteiger partial charge in [0, 0.05) is 65.3 Å². The Labute approximate surface area is 257 Å². The van der Waals surface area contributed by atoms with E-state index in [-0.39, 0.29) is 97.3 Å². The molecule has 1 aliphatic heterocycles. The first-order valence-electron chi connectivity index (χ1n) is 15.3. The van der Waals surface area contributed by atoms with Gasteiger partial charge in [0.2, 0.25) is 11.8 Å². The van der Waals surface area contributed by atoms with Crippen molar-refractivity contribution in [3.63, 3.8) is 0 Å². The third kappa shape index (κ3) is 15.4. The van der Waals surface area contributed by atoms with Gasteiger partial charge in [0.1, 0.15) is 6.04 Å². The Morgan fingerprint density at radius 3 is 1.50 bits per heavy atom. The Kier molecular flexibility index (Phi) is 16.6. The predicted molar refractivity (Wildman–Crippen MR) is 157 cm³/mol. The van der Waals surface area contributed by atoms with E-state index in [1.807, 2.05) is 0 Å². The van der Waals surface area contributed by atoms with E-state index in [1.54, 1.807) is 19.6 Å². The Hall–Kier alpha value is -3.34. The van der Waals surface area contributed by atoms with E-state index in [4.69, 9.17) is 0 Å². The molecule has 2 aliphatic rings. The Morgan fingerprint density at radius 1 is 0.614 bits per heavy atom. The van der Waals surface area contributed by atoms with Gasteiger partial charge in [0.05, 0.1) is 26.2 Å². The molecule has 2 fully saturated rings. The fourth-order valence-corrected chi connectivity index (χ4v) is 5.62. The molecule has 2 rings (SSSR count). The van der Waals surface area contributed by atoms with Crippen molar-refractivity contribution in [2.75, 3.05) is 85.1 Å². The second-order valence-electron chi connectivity index (χ2n) is 11.5. The molecule has 1 saturated carbocycles. The molecule has 1 atom stereocenters. The highest BCUT2D eigenvalue weighted by atomic mass is 16.4. The molecule has 16 nitrogen and oxygen atoms in total. The average molecular weight is 629 g/mol. The number of carbonyl (C=O) groups excluding carboxylic acids is 2. The molecule has 0 aromatic carbocycles. The summed E-state index contributed by atoms with van der Waals surface area (Å²) in [7, 11) is 0. The summed E-state index contributed by atoms with van der Waals surface area (Å²) in [5.41, 5.74) is 0. The fraction of sp³-hybridized carbons (Fsp3) is 0.786. The smallest absolute Gasteiger partial charge is 0.320 e. The minimum Gasteiger partial charge on any atom is -0.480 e. The van der Waals surface area contributed by atoms with Crippen molar-refractivity contribution in [3.8, 4) is 0 Å². The number of nitrogens with zero attached hydrogens (tertiary/aromatic N) is 4. The van der Waals surface area contributed by atoms with Crippen LogP contribution in [-0.2, 0) is 28.8 Å². The zero-order valence-corrected chi connectivity index (χ0v) is 25.3. The highest BCUT2D eigenvalue weighted by Crippen LogP contribution is 2.22. The number of amides is 2. The van der Waals surface area contributed by atoms with Crippen molar-refractivity contribution in [3.05, 3.63) is 0 Å². The summed E-state index contributed by atoms with van der Waals surface area (Å²) < 4.78 is 0. The van der Waals surface area contributed by atoms with Gasteiger partial charge in [-0.05, 0) is 25.2 Å². The summed E-state index contributed by atoms with van der Waals surface area (Å²) in [4.78, 5) is 77.8. The van der Waals surface area contributed by atoms with E-state index in [0.717, 1.165) is 25.7 Å². The highest BCUT2D eigenvalue weighted by molar-refractivity contribution is 5.85. The van der Waals surface area contributed by atoms with Crippen LogP contribution in [0.25, 0.3) is 0 Å². The van der Waals surface area contributed by atoms with Gasteiger partial charge in [0.15, 0.2) is 0 Å². The molecule has 2 amide bonds. The fourth-order valence-electron chi connectivity index (χ4n) is 5.62. The van der Waals surface area contributed by atoms with Crippen molar-refractivity contribution in [1.82, 2.24) is 30.2 Å². The lowest BCUT2D eigenvalue weighted by atomic mass is 9.89. The molecular weight excluding hydrogens is 580 g/mol. The van der Waals surface area contributed by atoms with E-state index in [2.05, 4.69) is 10.6 Å². The summed E-state index contributed by atoms with van der Waals surface area (Å²) in [6.45, 7) is 0.807. The molecule has 1 aliphatic carbocycles. The molecule has 1 saturated heterocycles. The van der Waals surface area contributed by atoms with Gasteiger partial charge >= 0.3 is 23.9 Å². The van der Waals surface area contributed by atoms with E-state index < -0.39 is 35.8 Å². The van der Waals surface area contributed by atoms with Gasteiger partial charge in [-0.1, -0.05) is 19.3 Å². The molecule has 0 aromatic rings. The number of hydrogen-bond donors (Lipinski definition) is 6. The van der Waals surface area contributed by atoms with Crippen molar-refractivity contribution in [2.24, 2.45) is 5.92 Å². The van der Waals surface area contributed by atoms with Crippen molar-refractivity contribution < 1.29 is 49.2 Å². The summed E-state index contributed by atoms with van der Waals surface area (Å²) in [5.74, 6) is -4.76. The predicted octanol–water partition coefficient (Wildman–Crippen LogP) is -1.49. The van der Waals surface area contributed by atoms with Gasteiger partial charge < -0.3 is 31.1 Å². The standard InChI is InChI=1S/C28H48N6O10/c35-23(30-17-24(36)29-16-21-4-2-1-3-5-21)7-6-22(28(43)44)34-14-12-32(19-26(39)40)10-8-31(18-25(37)38)9-11-33(13-15-34)20-27(41)42/h21-22H,1-20H2,(H,29,36)(H,30,35)(H,37,38)(H,39,40)(H,41,42)(H,43,44)/t22-/m1/s1. The van der Waals surface area contributed by atoms with Crippen LogP contribution in [0.15, 0.2) is 0 Å². The van der Waals surface area contributed by atoms with E-state index in [1.165, 1.54) is 6.42 Å². The van der Waals surface area contributed by atoms with Crippen LogP contribution in [0.4, 0.5) is 0 Å². The molecule has 0 spiro atoms. The minimum atomic E-state index is -1.18. The summed E-state index contributed by atoms with van der Waals surface area (Å²) in [6, 6.07) is -1.12. The lowest BCUT2D eigenvalue weighted by molar-refractivity contribution is -0.145. The highest BCUT2D eigenvalue weighted by Gasteiger charge is 2.28. The van der Waals surface area contributed by atoms with Crippen molar-refractivity contribution in [2.45, 2.75) is 51.0 Å². The first kappa shape index (κ1) is 36.8. The van der Waals surface area contributed by atoms with Gasteiger partial charge in [0.25, 0.3) is 0 Å². The van der Waals surface area contributed by atoms with Gasteiger partial charge in [-0.2, -0.15) is 0 Å². The number of rotatable bonds is 15. The molecule has 16 heteroatoms. The Morgan fingerprint density at radius 2 is 1.07 bits per heavy atom. The van der Waals surface area contributed by atoms with Gasteiger partial charge in [-0.3, -0.25) is 48.4 Å². The molecule has 44 heavy (non-hydrogen) atoms. The SMILES string of the molecule is O=C(O)CN1CCN(CC(=O)O)CCN([C@H](CCC(=O)NCC(=O)NCC2CCCCC2)C(=O)O)CCN(CC(=O)O)CC1. The molecule has 0 radical (unpaired) electrons. The molecule has 0 unspecified atom stereocenters. The number of carboxylic acid groups (broad SMARTS) is 4. The molecular formula is C28H48N6O10. The van der Waals surface area contributed by atoms with E-state index >= 15 is 0 Å². The van der Waals surface area contributed by atoms with Crippen molar-refractivity contribution in [1.29, 1.82) is 0 Å². The summed E-state index contributed by atoms with van der Waals surface area (Å²) in [5, 5.41) is 43.5. The maximum Gasteiger partial charge on any atom is 0.320 e. The number of nitrogens with one attached hydrogen (secondary N) is 2. The number of carboxylic acids is 4. The first-order chi connectivity index (χ1) is 20.9. The Balaban J connectivity index is 2.03. The number of aliphatic carboxylic acids is 4. The first-order valence-corrected chi connectivity index (χ1v) is 15.3. The van der Waals surface area contributed by atoms with E-state index in [9.17, 15) is 49.2 Å². The van der Waals surface area contributed by atoms with E-state index in [0.29, 0.717) is 12.5 Å². The monoisotopic (exact) mass is 628 g/mol. The molecule has 1 heterocycles. The minimum absolute atomic E-state index is 0.0743. The zero-order chi connectivity index (χ0) is 32.5. The van der Waals surface area contributed by atoms with Crippen LogP contribution in [0.5, 0.6) is 0 Å². The lowest BCUT2D eigenvalue weighted by Gasteiger charge is -2.35. The van der Waals surface area contributed by atoms with Crippen LogP contribution >= 0.6 is 0 Å². The lowest BCUT2D eigenvalue weighted by Crippen LogP contribution is -2.52. The molecule has 0 aromatic heterocycles. The largest absolute Gasteiger partial charge is 0.480 e. The van der Waals surface area contributed by atoms with Crippen LogP contribution in [0.2, 0.25) is 0 Å². The second-order valence-corrected chi connectivity index (χ2v) is 11.5. The summed E-state index contributed by atoms with van der Waals surface area (Å²) in [6.07, 6.45) is 5.43. The zero-order valence-electron chi connectivity index (χ0n) is 25.3. The van der Waals surface area contributed by atoms with Crippen LogP contribution in [-0.4, -0.2) is 167 Å². The van der Waals surface area contributed by atoms with Crippen LogP contribution in [0.1, 0.15) is 44.9 Å². The third-order valence-corrected chi connectivity index (χ3v) is 8.08. The van der Waals surface area contributed by atoms with Crippen LogP contribution in [0, 0.1) is 5.92 Å². The second kappa shape index (κ2) is 19.8. The third-order valence-electron chi connectivity index (χ3n) is 8.08. The molecule has 6 N–H and O–H groups in total. The van der Waals surface area contributed by atoms with Gasteiger partial charge in [-0.15, -0.1) is 0 Å². The topological polar surface area (TPSA) is 220 Å². The molecule has 0 bridgehead atoms. The maximum atomic E-state index is 12.5. The van der Waals surface area contributed by atoms with Crippen molar-refractivity contribution >= 4 is 35.7 Å². The quantitative estimate of drug-likeness (QED) is 0.122. The summed E-state index contributed by atoms with van der Waals surface area (Å²) >= 11 is 0. The normalized spacial score (nSPS) is 19.6. The van der Waals surface area contributed by atoms with Gasteiger partial charge in [-0.25, -0.2) is 0 Å².